The summed E-state index contributed by atoms with van der Waals surface area (Å²) in [6.07, 6.45) is 0.620. The number of aromatic nitrogens is 1. The number of phenols is 1. The Morgan fingerprint density at radius 2 is 1.91 bits per heavy atom. The summed E-state index contributed by atoms with van der Waals surface area (Å²) >= 11 is 6.13. The van der Waals surface area contributed by atoms with Crippen LogP contribution in [0.1, 0.15) is 21.6 Å². The molecule has 0 aliphatic rings. The van der Waals surface area contributed by atoms with Gasteiger partial charge in [0.1, 0.15) is 5.52 Å². The molecule has 0 unspecified atom stereocenters. The number of rotatable bonds is 3. The van der Waals surface area contributed by atoms with Crippen LogP contribution < -0.4 is 5.73 Å². The summed E-state index contributed by atoms with van der Waals surface area (Å²) < 4.78 is 0. The first-order chi connectivity index (χ1) is 10.6. The van der Waals surface area contributed by atoms with Crippen molar-refractivity contribution in [2.75, 3.05) is 0 Å². The molecule has 1 amide bonds. The van der Waals surface area contributed by atoms with Gasteiger partial charge in [0, 0.05) is 17.5 Å². The third-order valence-electron chi connectivity index (χ3n) is 3.45. The number of hydrogen-bond donors (Lipinski definition) is 2. The lowest BCUT2D eigenvalue weighted by Crippen LogP contribution is -2.11. The normalized spacial score (nSPS) is 10.8. The predicted octanol–water partition coefficient (Wildman–Crippen LogP) is 3.28. The quantitative estimate of drug-likeness (QED) is 0.779. The van der Waals surface area contributed by atoms with Crippen LogP contribution in [0.25, 0.3) is 10.9 Å². The maximum absolute atomic E-state index is 11.4. The van der Waals surface area contributed by atoms with E-state index in [1.54, 1.807) is 6.07 Å². The van der Waals surface area contributed by atoms with Crippen LogP contribution in [0, 0.1) is 0 Å². The summed E-state index contributed by atoms with van der Waals surface area (Å²) in [6.45, 7) is 0. The number of fused-ring (bicyclic) bond motifs is 1. The second-order valence-corrected chi connectivity index (χ2v) is 5.39. The first-order valence-corrected chi connectivity index (χ1v) is 7.09. The van der Waals surface area contributed by atoms with Crippen molar-refractivity contribution in [1.82, 2.24) is 4.98 Å². The fraction of sp³-hybridized carbons (Fsp3) is 0.0588. The Kier molecular flexibility index (Phi) is 3.69. The molecule has 3 aromatic rings. The SMILES string of the molecule is NC(=O)c1cc(Cl)c2ccc(Cc3ccccc3)nc2c1O. The molecule has 3 N–H and O–H groups in total. The molecular weight excluding hydrogens is 300 g/mol. The molecule has 1 heterocycles. The zero-order valence-corrected chi connectivity index (χ0v) is 12.3. The van der Waals surface area contributed by atoms with Crippen molar-refractivity contribution in [3.05, 3.63) is 70.4 Å². The summed E-state index contributed by atoms with van der Waals surface area (Å²) in [5, 5.41) is 11.1. The Morgan fingerprint density at radius 3 is 2.59 bits per heavy atom. The van der Waals surface area contributed by atoms with E-state index < -0.39 is 5.91 Å². The van der Waals surface area contributed by atoms with Gasteiger partial charge >= 0.3 is 0 Å². The van der Waals surface area contributed by atoms with E-state index in [2.05, 4.69) is 4.98 Å². The number of carbonyl (C=O) groups excluding carboxylic acids is 1. The molecule has 22 heavy (non-hydrogen) atoms. The summed E-state index contributed by atoms with van der Waals surface area (Å²) in [4.78, 5) is 15.8. The van der Waals surface area contributed by atoms with Gasteiger partial charge < -0.3 is 10.8 Å². The molecule has 0 aliphatic carbocycles. The molecule has 3 rings (SSSR count). The number of benzene rings is 2. The first kappa shape index (κ1) is 14.4. The standard InChI is InChI=1S/C17H13ClN2O2/c18-14-9-13(17(19)22)16(21)15-12(14)7-6-11(20-15)8-10-4-2-1-3-5-10/h1-7,9,21H,8H2,(H2,19,22). The van der Waals surface area contributed by atoms with E-state index >= 15 is 0 Å². The minimum absolute atomic E-state index is 0.0261. The lowest BCUT2D eigenvalue weighted by atomic mass is 10.1. The third kappa shape index (κ3) is 2.61. The molecule has 0 spiro atoms. The molecule has 110 valence electrons. The van der Waals surface area contributed by atoms with Crippen molar-refractivity contribution < 1.29 is 9.90 Å². The summed E-state index contributed by atoms with van der Waals surface area (Å²) in [7, 11) is 0. The van der Waals surface area contributed by atoms with Gasteiger partial charge in [-0.1, -0.05) is 41.9 Å². The Bertz CT molecular complexity index is 863. The highest BCUT2D eigenvalue weighted by Crippen LogP contribution is 2.33. The van der Waals surface area contributed by atoms with Crippen LogP contribution in [-0.2, 0) is 6.42 Å². The molecule has 2 aromatic carbocycles. The molecule has 0 saturated heterocycles. The van der Waals surface area contributed by atoms with Gasteiger partial charge in [0.25, 0.3) is 5.91 Å². The first-order valence-electron chi connectivity index (χ1n) is 6.71. The van der Waals surface area contributed by atoms with E-state index in [-0.39, 0.29) is 16.8 Å². The summed E-state index contributed by atoms with van der Waals surface area (Å²) in [6, 6.07) is 14.9. The van der Waals surface area contributed by atoms with Gasteiger partial charge in [0.05, 0.1) is 10.6 Å². The van der Waals surface area contributed by atoms with Gasteiger partial charge in [-0.3, -0.25) is 4.79 Å². The van der Waals surface area contributed by atoms with Crippen LogP contribution in [0.4, 0.5) is 0 Å². The topological polar surface area (TPSA) is 76.2 Å². The Hall–Kier alpha value is -2.59. The third-order valence-corrected chi connectivity index (χ3v) is 3.77. The van der Waals surface area contributed by atoms with E-state index in [9.17, 15) is 9.90 Å². The highest BCUT2D eigenvalue weighted by Gasteiger charge is 2.16. The number of hydrogen-bond acceptors (Lipinski definition) is 3. The Labute approximate surface area is 132 Å². The van der Waals surface area contributed by atoms with Crippen molar-refractivity contribution in [3.8, 4) is 5.75 Å². The minimum Gasteiger partial charge on any atom is -0.505 e. The smallest absolute Gasteiger partial charge is 0.252 e. The van der Waals surface area contributed by atoms with Crippen molar-refractivity contribution in [2.24, 2.45) is 5.73 Å². The van der Waals surface area contributed by atoms with E-state index in [0.717, 1.165) is 11.3 Å². The van der Waals surface area contributed by atoms with Crippen LogP contribution >= 0.6 is 11.6 Å². The van der Waals surface area contributed by atoms with E-state index in [1.807, 2.05) is 36.4 Å². The lowest BCUT2D eigenvalue weighted by Gasteiger charge is -2.09. The molecule has 0 atom stereocenters. The minimum atomic E-state index is -0.739. The maximum Gasteiger partial charge on any atom is 0.252 e. The summed E-state index contributed by atoms with van der Waals surface area (Å²) in [5.41, 5.74) is 7.38. The van der Waals surface area contributed by atoms with Crippen LogP contribution in [0.5, 0.6) is 5.75 Å². The van der Waals surface area contributed by atoms with Crippen molar-refractivity contribution in [2.45, 2.75) is 6.42 Å². The average molecular weight is 313 g/mol. The molecule has 1 aromatic heterocycles. The average Bonchev–Trinajstić information content (AvgIpc) is 2.51. The molecule has 5 heteroatoms. The molecule has 0 aliphatic heterocycles. The zero-order valence-electron chi connectivity index (χ0n) is 11.6. The second-order valence-electron chi connectivity index (χ2n) is 4.98. The predicted molar refractivity (Wildman–Crippen MR) is 86.2 cm³/mol. The highest BCUT2D eigenvalue weighted by atomic mass is 35.5. The largest absolute Gasteiger partial charge is 0.505 e. The number of aromatic hydroxyl groups is 1. The molecular formula is C17H13ClN2O2. The van der Waals surface area contributed by atoms with Crippen LogP contribution in [0.2, 0.25) is 5.02 Å². The number of nitrogens with two attached hydrogens (primary N) is 1. The van der Waals surface area contributed by atoms with Crippen LogP contribution in [-0.4, -0.2) is 16.0 Å². The Balaban J connectivity index is 2.12. The number of nitrogens with zero attached hydrogens (tertiary/aromatic N) is 1. The van der Waals surface area contributed by atoms with Gasteiger partial charge in [0.2, 0.25) is 0 Å². The van der Waals surface area contributed by atoms with Crippen molar-refractivity contribution in [3.63, 3.8) is 0 Å². The van der Waals surface area contributed by atoms with Crippen molar-refractivity contribution in [1.29, 1.82) is 0 Å². The van der Waals surface area contributed by atoms with E-state index in [1.165, 1.54) is 6.07 Å². The molecule has 4 nitrogen and oxygen atoms in total. The highest BCUT2D eigenvalue weighted by molar-refractivity contribution is 6.36. The number of halogens is 1. The summed E-state index contributed by atoms with van der Waals surface area (Å²) in [5.74, 6) is -0.974. The van der Waals surface area contributed by atoms with Crippen molar-refractivity contribution >= 4 is 28.4 Å². The van der Waals surface area contributed by atoms with Gasteiger partial charge in [-0.15, -0.1) is 0 Å². The molecule has 0 radical (unpaired) electrons. The van der Waals surface area contributed by atoms with Gasteiger partial charge in [0.15, 0.2) is 5.75 Å². The molecule has 0 fully saturated rings. The lowest BCUT2D eigenvalue weighted by molar-refractivity contribution is 0.0998. The zero-order chi connectivity index (χ0) is 15.7. The molecule has 0 bridgehead atoms. The number of primary amides is 1. The van der Waals surface area contributed by atoms with Crippen LogP contribution in [0.3, 0.4) is 0 Å². The number of carbonyl (C=O) groups is 1. The van der Waals surface area contributed by atoms with Gasteiger partial charge in [-0.05, 0) is 23.8 Å². The van der Waals surface area contributed by atoms with Crippen LogP contribution in [0.15, 0.2) is 48.5 Å². The number of amides is 1. The fourth-order valence-corrected chi connectivity index (χ4v) is 2.63. The monoisotopic (exact) mass is 312 g/mol. The van der Waals surface area contributed by atoms with Gasteiger partial charge in [-0.25, -0.2) is 4.98 Å². The van der Waals surface area contributed by atoms with E-state index in [4.69, 9.17) is 17.3 Å². The fourth-order valence-electron chi connectivity index (χ4n) is 2.36. The van der Waals surface area contributed by atoms with E-state index in [0.29, 0.717) is 16.8 Å². The van der Waals surface area contributed by atoms with Gasteiger partial charge in [-0.2, -0.15) is 0 Å². The Morgan fingerprint density at radius 1 is 1.18 bits per heavy atom. The maximum atomic E-state index is 11.4. The second kappa shape index (κ2) is 5.66. The molecule has 0 saturated carbocycles. The number of pyridine rings is 1.